The number of carboxylic acid groups (broad SMARTS) is 1. The Labute approximate surface area is 126 Å². The number of halogens is 2. The molecule has 0 aliphatic heterocycles. The Morgan fingerprint density at radius 1 is 1.18 bits per heavy atom. The van der Waals surface area contributed by atoms with Gasteiger partial charge in [0, 0.05) is 11.6 Å². The maximum atomic E-state index is 14.0. The van der Waals surface area contributed by atoms with Crippen LogP contribution in [-0.2, 0) is 4.79 Å². The predicted molar refractivity (Wildman–Crippen MR) is 80.1 cm³/mol. The van der Waals surface area contributed by atoms with Gasteiger partial charge in [-0.25, -0.2) is 8.78 Å². The van der Waals surface area contributed by atoms with Crippen LogP contribution < -0.4 is 5.73 Å². The summed E-state index contributed by atoms with van der Waals surface area (Å²) in [5.74, 6) is -2.52. The standard InChI is InChI=1S/C17H15F2NO2/c18-12-6-7-14(15(19)10-12)13(8-9-16(20)17(21)22)11-4-2-1-3-5-11/h1-8,10,16H,9,20H2,(H,21,22)/b13-8+. The second-order valence-corrected chi connectivity index (χ2v) is 4.79. The second kappa shape index (κ2) is 6.95. The Morgan fingerprint density at radius 3 is 2.45 bits per heavy atom. The lowest BCUT2D eigenvalue weighted by Crippen LogP contribution is -2.29. The van der Waals surface area contributed by atoms with Crippen LogP contribution >= 0.6 is 0 Å². The number of carbonyl (C=O) groups is 1. The van der Waals surface area contributed by atoms with E-state index in [1.54, 1.807) is 30.3 Å². The summed E-state index contributed by atoms with van der Waals surface area (Å²) in [5.41, 5.74) is 6.87. The summed E-state index contributed by atoms with van der Waals surface area (Å²) in [6.07, 6.45) is 1.60. The lowest BCUT2D eigenvalue weighted by atomic mass is 9.95. The van der Waals surface area contributed by atoms with Crippen molar-refractivity contribution in [2.45, 2.75) is 12.5 Å². The van der Waals surface area contributed by atoms with Crippen molar-refractivity contribution >= 4 is 11.5 Å². The molecule has 0 heterocycles. The molecule has 2 aromatic carbocycles. The average molecular weight is 303 g/mol. The van der Waals surface area contributed by atoms with E-state index in [9.17, 15) is 13.6 Å². The SMILES string of the molecule is NC(C/C=C(\c1ccccc1)c1ccc(F)cc1F)C(=O)O. The molecule has 2 rings (SSSR count). The van der Waals surface area contributed by atoms with Crippen LogP contribution in [0.15, 0.2) is 54.6 Å². The minimum atomic E-state index is -1.14. The third kappa shape index (κ3) is 3.77. The van der Waals surface area contributed by atoms with Crippen molar-refractivity contribution in [3.63, 3.8) is 0 Å². The number of hydrogen-bond acceptors (Lipinski definition) is 2. The van der Waals surface area contributed by atoms with E-state index in [1.807, 2.05) is 6.07 Å². The summed E-state index contributed by atoms with van der Waals surface area (Å²) >= 11 is 0. The molecule has 1 unspecified atom stereocenters. The summed E-state index contributed by atoms with van der Waals surface area (Å²) < 4.78 is 27.1. The Bertz CT molecular complexity index is 699. The summed E-state index contributed by atoms with van der Waals surface area (Å²) in [5, 5.41) is 8.85. The molecule has 22 heavy (non-hydrogen) atoms. The van der Waals surface area contributed by atoms with E-state index in [4.69, 9.17) is 10.8 Å². The number of carboxylic acids is 1. The maximum absolute atomic E-state index is 14.0. The highest BCUT2D eigenvalue weighted by molar-refractivity contribution is 5.81. The first-order valence-electron chi connectivity index (χ1n) is 6.68. The van der Waals surface area contributed by atoms with Gasteiger partial charge in [-0.05, 0) is 29.7 Å². The zero-order valence-electron chi connectivity index (χ0n) is 11.7. The third-order valence-corrected chi connectivity index (χ3v) is 3.20. The van der Waals surface area contributed by atoms with Gasteiger partial charge < -0.3 is 10.8 Å². The van der Waals surface area contributed by atoms with Crippen LogP contribution in [0.4, 0.5) is 8.78 Å². The van der Waals surface area contributed by atoms with Gasteiger partial charge in [-0.1, -0.05) is 36.4 Å². The lowest BCUT2D eigenvalue weighted by Gasteiger charge is -2.11. The van der Waals surface area contributed by atoms with Crippen molar-refractivity contribution < 1.29 is 18.7 Å². The Hall–Kier alpha value is -2.53. The maximum Gasteiger partial charge on any atom is 0.320 e. The fourth-order valence-corrected chi connectivity index (χ4v) is 2.05. The molecule has 0 saturated heterocycles. The smallest absolute Gasteiger partial charge is 0.320 e. The van der Waals surface area contributed by atoms with Gasteiger partial charge in [0.15, 0.2) is 0 Å². The molecule has 0 bridgehead atoms. The van der Waals surface area contributed by atoms with Crippen LogP contribution in [0.5, 0.6) is 0 Å². The molecule has 0 amide bonds. The molecule has 0 aliphatic carbocycles. The number of hydrogen-bond donors (Lipinski definition) is 2. The van der Waals surface area contributed by atoms with Gasteiger partial charge in [0.25, 0.3) is 0 Å². The van der Waals surface area contributed by atoms with E-state index in [0.29, 0.717) is 11.1 Å². The van der Waals surface area contributed by atoms with Gasteiger partial charge in [0.2, 0.25) is 0 Å². The van der Waals surface area contributed by atoms with Crippen LogP contribution in [0.25, 0.3) is 5.57 Å². The molecule has 0 fully saturated rings. The largest absolute Gasteiger partial charge is 0.480 e. The summed E-state index contributed by atoms with van der Waals surface area (Å²) in [6, 6.07) is 11.1. The van der Waals surface area contributed by atoms with Crippen molar-refractivity contribution in [3.8, 4) is 0 Å². The first-order chi connectivity index (χ1) is 10.5. The molecule has 0 aliphatic rings. The van der Waals surface area contributed by atoms with E-state index >= 15 is 0 Å². The topological polar surface area (TPSA) is 63.3 Å². The Kier molecular flexibility index (Phi) is 5.01. The van der Waals surface area contributed by atoms with E-state index in [-0.39, 0.29) is 12.0 Å². The summed E-state index contributed by atoms with van der Waals surface area (Å²) in [4.78, 5) is 10.8. The monoisotopic (exact) mass is 303 g/mol. The molecule has 2 aromatic rings. The van der Waals surface area contributed by atoms with Crippen LogP contribution in [0.2, 0.25) is 0 Å². The van der Waals surface area contributed by atoms with E-state index < -0.39 is 23.6 Å². The molecule has 0 saturated carbocycles. The van der Waals surface area contributed by atoms with Gasteiger partial charge in [-0.2, -0.15) is 0 Å². The summed E-state index contributed by atoms with van der Waals surface area (Å²) in [7, 11) is 0. The first-order valence-corrected chi connectivity index (χ1v) is 6.68. The van der Waals surface area contributed by atoms with E-state index in [2.05, 4.69) is 0 Å². The molecule has 114 valence electrons. The van der Waals surface area contributed by atoms with Crippen molar-refractivity contribution in [2.75, 3.05) is 0 Å². The van der Waals surface area contributed by atoms with Crippen molar-refractivity contribution in [1.82, 2.24) is 0 Å². The van der Waals surface area contributed by atoms with Crippen LogP contribution in [0.3, 0.4) is 0 Å². The van der Waals surface area contributed by atoms with Crippen LogP contribution in [0.1, 0.15) is 17.5 Å². The van der Waals surface area contributed by atoms with Gasteiger partial charge in [-0.3, -0.25) is 4.79 Å². The highest BCUT2D eigenvalue weighted by Gasteiger charge is 2.14. The highest BCUT2D eigenvalue weighted by atomic mass is 19.1. The van der Waals surface area contributed by atoms with E-state index in [1.165, 1.54) is 6.07 Å². The van der Waals surface area contributed by atoms with Crippen molar-refractivity contribution in [2.24, 2.45) is 5.73 Å². The quantitative estimate of drug-likeness (QED) is 0.891. The van der Waals surface area contributed by atoms with Crippen molar-refractivity contribution in [3.05, 3.63) is 77.4 Å². The fourth-order valence-electron chi connectivity index (χ4n) is 2.05. The van der Waals surface area contributed by atoms with Crippen LogP contribution in [-0.4, -0.2) is 17.1 Å². The number of aliphatic carboxylic acids is 1. The minimum Gasteiger partial charge on any atom is -0.480 e. The van der Waals surface area contributed by atoms with E-state index in [0.717, 1.165) is 12.1 Å². The zero-order chi connectivity index (χ0) is 16.1. The van der Waals surface area contributed by atoms with Crippen molar-refractivity contribution in [1.29, 1.82) is 0 Å². The molecule has 5 heteroatoms. The Morgan fingerprint density at radius 2 is 1.86 bits per heavy atom. The molecule has 1 atom stereocenters. The molecule has 3 nitrogen and oxygen atoms in total. The third-order valence-electron chi connectivity index (χ3n) is 3.20. The highest BCUT2D eigenvalue weighted by Crippen LogP contribution is 2.26. The number of rotatable bonds is 5. The van der Waals surface area contributed by atoms with Crippen LogP contribution in [0, 0.1) is 11.6 Å². The van der Waals surface area contributed by atoms with Gasteiger partial charge in [-0.15, -0.1) is 0 Å². The average Bonchev–Trinajstić information content (AvgIpc) is 2.50. The molecular weight excluding hydrogens is 288 g/mol. The predicted octanol–water partition coefficient (Wildman–Crippen LogP) is 3.20. The second-order valence-electron chi connectivity index (χ2n) is 4.79. The normalized spacial score (nSPS) is 13.0. The van der Waals surface area contributed by atoms with Gasteiger partial charge in [0.05, 0.1) is 0 Å². The molecule has 0 aromatic heterocycles. The lowest BCUT2D eigenvalue weighted by molar-refractivity contribution is -0.138. The number of benzene rings is 2. The molecule has 3 N–H and O–H groups in total. The van der Waals surface area contributed by atoms with Gasteiger partial charge in [0.1, 0.15) is 17.7 Å². The van der Waals surface area contributed by atoms with Gasteiger partial charge >= 0.3 is 5.97 Å². The first kappa shape index (κ1) is 15.9. The zero-order valence-corrected chi connectivity index (χ0v) is 11.7. The Balaban J connectivity index is 2.46. The number of nitrogens with two attached hydrogens (primary N) is 1. The molecular formula is C17H15F2NO2. The minimum absolute atomic E-state index is 0.0381. The summed E-state index contributed by atoms with van der Waals surface area (Å²) in [6.45, 7) is 0. The molecule has 0 spiro atoms. The fraction of sp³-hybridized carbons (Fsp3) is 0.118. The molecule has 0 radical (unpaired) electrons.